The molecule has 0 radical (unpaired) electrons. The van der Waals surface area contributed by atoms with E-state index in [1.807, 2.05) is 31.2 Å². The van der Waals surface area contributed by atoms with Gasteiger partial charge in [0, 0.05) is 10.7 Å². The van der Waals surface area contributed by atoms with E-state index in [0.717, 1.165) is 21.3 Å². The number of nitrogens with zero attached hydrogens (tertiary/aromatic N) is 1. The lowest BCUT2D eigenvalue weighted by molar-refractivity contribution is 0.0934. The second kappa shape index (κ2) is 5.13. The number of carbonyl (C=O) groups is 1. The van der Waals surface area contributed by atoms with Crippen LogP contribution in [-0.4, -0.2) is 20.9 Å². The van der Waals surface area contributed by atoms with Crippen LogP contribution in [0.4, 0.5) is 0 Å². The van der Waals surface area contributed by atoms with Crippen molar-refractivity contribution >= 4 is 32.9 Å². The summed E-state index contributed by atoms with van der Waals surface area (Å²) in [7, 11) is 0. The Hall–Kier alpha value is -2.08. The summed E-state index contributed by atoms with van der Waals surface area (Å²) in [6.07, 6.45) is 1.72. The van der Waals surface area contributed by atoms with E-state index in [0.29, 0.717) is 5.69 Å². The van der Waals surface area contributed by atoms with Crippen LogP contribution in [-0.2, 0) is 0 Å². The first-order valence-corrected chi connectivity index (χ1v) is 7.02. The second-order valence-electron chi connectivity index (χ2n) is 4.57. The maximum Gasteiger partial charge on any atom is 0.268 e. The molecule has 0 saturated carbocycles. The lowest BCUT2D eigenvalue weighted by Gasteiger charge is -2.10. The Morgan fingerprint density at radius 1 is 1.40 bits per heavy atom. The molecule has 1 atom stereocenters. The van der Waals surface area contributed by atoms with E-state index in [1.165, 1.54) is 0 Å². The summed E-state index contributed by atoms with van der Waals surface area (Å²) in [5, 5.41) is 2.90. The van der Waals surface area contributed by atoms with E-state index in [2.05, 4.69) is 36.2 Å². The highest BCUT2D eigenvalue weighted by atomic mass is 79.9. The van der Waals surface area contributed by atoms with Crippen molar-refractivity contribution in [2.45, 2.75) is 13.0 Å². The van der Waals surface area contributed by atoms with Gasteiger partial charge in [0.15, 0.2) is 0 Å². The van der Waals surface area contributed by atoms with E-state index in [-0.39, 0.29) is 11.9 Å². The highest BCUT2D eigenvalue weighted by molar-refractivity contribution is 9.10. The summed E-state index contributed by atoms with van der Waals surface area (Å²) >= 11 is 3.31. The third-order valence-corrected chi connectivity index (χ3v) is 3.52. The third-order valence-electron chi connectivity index (χ3n) is 3.06. The van der Waals surface area contributed by atoms with Crippen LogP contribution in [0, 0.1) is 0 Å². The average molecular weight is 333 g/mol. The minimum Gasteiger partial charge on any atom is -0.356 e. The van der Waals surface area contributed by atoms with Crippen LogP contribution < -0.4 is 5.32 Å². The number of halogens is 1. The van der Waals surface area contributed by atoms with Crippen molar-refractivity contribution in [3.63, 3.8) is 0 Å². The predicted molar refractivity (Wildman–Crippen MR) is 80.5 cm³/mol. The number of para-hydroxylation sites is 2. The molecule has 2 aromatic heterocycles. The number of amides is 1. The number of hydrogen-bond acceptors (Lipinski definition) is 2. The molecule has 3 aromatic rings. The van der Waals surface area contributed by atoms with Crippen LogP contribution in [0.1, 0.15) is 29.3 Å². The molecule has 0 spiro atoms. The Morgan fingerprint density at radius 2 is 2.20 bits per heavy atom. The second-order valence-corrected chi connectivity index (χ2v) is 5.48. The number of nitrogens with one attached hydrogen (secondary N) is 3. The highest BCUT2D eigenvalue weighted by Gasteiger charge is 2.15. The molecule has 102 valence electrons. The van der Waals surface area contributed by atoms with E-state index >= 15 is 0 Å². The highest BCUT2D eigenvalue weighted by Crippen LogP contribution is 2.16. The van der Waals surface area contributed by atoms with E-state index < -0.39 is 0 Å². The summed E-state index contributed by atoms with van der Waals surface area (Å²) in [6.45, 7) is 1.90. The standard InChI is InChI=1S/C14H13BrN4O/c1-8(17-14(20)12-6-9(15)7-16-12)13-18-10-4-2-3-5-11(10)19-13/h2-8,16H,1H3,(H,17,20)(H,18,19). The molecular weight excluding hydrogens is 320 g/mol. The fourth-order valence-electron chi connectivity index (χ4n) is 2.02. The van der Waals surface area contributed by atoms with Crippen molar-refractivity contribution in [2.75, 3.05) is 0 Å². The number of carbonyl (C=O) groups excluding carboxylic acids is 1. The Kier molecular flexibility index (Phi) is 3.31. The van der Waals surface area contributed by atoms with Gasteiger partial charge in [-0.05, 0) is 41.1 Å². The van der Waals surface area contributed by atoms with Crippen molar-refractivity contribution in [1.29, 1.82) is 0 Å². The number of fused-ring (bicyclic) bond motifs is 1. The smallest absolute Gasteiger partial charge is 0.268 e. The Bertz CT molecular complexity index is 728. The summed E-state index contributed by atoms with van der Waals surface area (Å²) in [5.74, 6) is 0.578. The molecule has 5 nitrogen and oxygen atoms in total. The van der Waals surface area contributed by atoms with Crippen LogP contribution in [0.3, 0.4) is 0 Å². The third kappa shape index (κ3) is 2.46. The monoisotopic (exact) mass is 332 g/mol. The molecule has 2 heterocycles. The number of hydrogen-bond donors (Lipinski definition) is 3. The predicted octanol–water partition coefficient (Wildman–Crippen LogP) is 3.14. The summed E-state index contributed by atoms with van der Waals surface area (Å²) in [5.41, 5.74) is 2.37. The van der Waals surface area contributed by atoms with Crippen molar-refractivity contribution < 1.29 is 4.79 Å². The first kappa shape index (κ1) is 12.9. The zero-order valence-corrected chi connectivity index (χ0v) is 12.4. The molecule has 0 bridgehead atoms. The largest absolute Gasteiger partial charge is 0.356 e. The molecule has 20 heavy (non-hydrogen) atoms. The zero-order chi connectivity index (χ0) is 14.1. The van der Waals surface area contributed by atoms with Gasteiger partial charge in [-0.3, -0.25) is 4.79 Å². The minimum atomic E-state index is -0.197. The van der Waals surface area contributed by atoms with Crippen molar-refractivity contribution in [3.05, 3.63) is 52.5 Å². The molecule has 1 aromatic carbocycles. The lowest BCUT2D eigenvalue weighted by atomic mass is 10.3. The number of H-pyrrole nitrogens is 2. The normalized spacial score (nSPS) is 12.5. The summed E-state index contributed by atoms with van der Waals surface area (Å²) in [6, 6.07) is 9.32. The van der Waals surface area contributed by atoms with E-state index in [4.69, 9.17) is 0 Å². The van der Waals surface area contributed by atoms with Crippen LogP contribution in [0.5, 0.6) is 0 Å². The van der Waals surface area contributed by atoms with Crippen LogP contribution in [0.2, 0.25) is 0 Å². The van der Waals surface area contributed by atoms with Gasteiger partial charge in [-0.2, -0.15) is 0 Å². The summed E-state index contributed by atoms with van der Waals surface area (Å²) in [4.78, 5) is 22.6. The topological polar surface area (TPSA) is 73.6 Å². The van der Waals surface area contributed by atoms with Gasteiger partial charge >= 0.3 is 0 Å². The lowest BCUT2D eigenvalue weighted by Crippen LogP contribution is -2.27. The van der Waals surface area contributed by atoms with Gasteiger partial charge in [0.2, 0.25) is 0 Å². The first-order chi connectivity index (χ1) is 9.63. The Balaban J connectivity index is 1.78. The van der Waals surface area contributed by atoms with Crippen LogP contribution in [0.25, 0.3) is 11.0 Å². The van der Waals surface area contributed by atoms with Gasteiger partial charge in [0.1, 0.15) is 11.5 Å². The maximum atomic E-state index is 12.1. The molecule has 1 amide bonds. The van der Waals surface area contributed by atoms with Gasteiger partial charge in [-0.1, -0.05) is 12.1 Å². The molecule has 6 heteroatoms. The maximum absolute atomic E-state index is 12.1. The average Bonchev–Trinajstić information content (AvgIpc) is 3.04. The molecular formula is C14H13BrN4O. The van der Waals surface area contributed by atoms with Crippen LogP contribution in [0.15, 0.2) is 41.0 Å². The quantitative estimate of drug-likeness (QED) is 0.689. The molecule has 0 saturated heterocycles. The number of aromatic nitrogens is 3. The van der Waals surface area contributed by atoms with Gasteiger partial charge in [-0.15, -0.1) is 0 Å². The van der Waals surface area contributed by atoms with Gasteiger partial charge in [0.25, 0.3) is 5.91 Å². The fourth-order valence-corrected chi connectivity index (χ4v) is 2.36. The molecule has 3 rings (SSSR count). The van der Waals surface area contributed by atoms with Crippen molar-refractivity contribution in [2.24, 2.45) is 0 Å². The Labute approximate surface area is 123 Å². The number of imidazole rings is 1. The number of rotatable bonds is 3. The van der Waals surface area contributed by atoms with Gasteiger partial charge in [0.05, 0.1) is 17.1 Å². The SMILES string of the molecule is CC(NC(=O)c1cc(Br)c[nH]1)c1nc2ccccc2[nH]1. The zero-order valence-electron chi connectivity index (χ0n) is 10.8. The molecule has 0 fully saturated rings. The first-order valence-electron chi connectivity index (χ1n) is 6.23. The van der Waals surface area contributed by atoms with Gasteiger partial charge < -0.3 is 15.3 Å². The molecule has 1 unspecified atom stereocenters. The molecule has 3 N–H and O–H groups in total. The van der Waals surface area contributed by atoms with Crippen molar-refractivity contribution in [3.8, 4) is 0 Å². The Morgan fingerprint density at radius 3 is 2.90 bits per heavy atom. The van der Waals surface area contributed by atoms with E-state index in [1.54, 1.807) is 12.3 Å². The van der Waals surface area contributed by atoms with Gasteiger partial charge in [-0.25, -0.2) is 4.98 Å². The molecule has 0 aliphatic carbocycles. The van der Waals surface area contributed by atoms with E-state index in [9.17, 15) is 4.79 Å². The minimum absolute atomic E-state index is 0.163. The fraction of sp³-hybridized carbons (Fsp3) is 0.143. The van der Waals surface area contributed by atoms with Crippen molar-refractivity contribution in [1.82, 2.24) is 20.3 Å². The number of benzene rings is 1. The van der Waals surface area contributed by atoms with Crippen LogP contribution >= 0.6 is 15.9 Å². The number of aromatic amines is 2. The molecule has 0 aliphatic rings. The molecule has 0 aliphatic heterocycles. The summed E-state index contributed by atoms with van der Waals surface area (Å²) < 4.78 is 0.846.